The van der Waals surface area contributed by atoms with E-state index in [0.717, 1.165) is 0 Å². The summed E-state index contributed by atoms with van der Waals surface area (Å²) in [5, 5.41) is 10.5. The average molecular weight is 367 g/mol. The first kappa shape index (κ1) is 17.0. The number of aromatic nitrogens is 3. The Morgan fingerprint density at radius 1 is 1.04 bits per heavy atom. The van der Waals surface area contributed by atoms with Gasteiger partial charge >= 0.3 is 6.61 Å². The van der Waals surface area contributed by atoms with Crippen molar-refractivity contribution in [3.63, 3.8) is 0 Å². The largest absolute Gasteiger partial charge is 0.435 e. The van der Waals surface area contributed by atoms with E-state index in [1.54, 1.807) is 18.2 Å². The summed E-state index contributed by atoms with van der Waals surface area (Å²) in [4.78, 5) is 3.83. The molecule has 0 saturated carbocycles. The fraction of sp³-hybridized carbons (Fsp3) is 0.0625. The lowest BCUT2D eigenvalue weighted by atomic mass is 10.1. The van der Waals surface area contributed by atoms with E-state index in [1.807, 2.05) is 0 Å². The van der Waals surface area contributed by atoms with Crippen molar-refractivity contribution in [2.24, 2.45) is 0 Å². The zero-order valence-electron chi connectivity index (χ0n) is 12.5. The molecule has 0 aliphatic heterocycles. The first-order valence-corrected chi connectivity index (χ1v) is 7.36. The van der Waals surface area contributed by atoms with Gasteiger partial charge in [-0.25, -0.2) is 9.37 Å². The zero-order valence-corrected chi connectivity index (χ0v) is 13.2. The summed E-state index contributed by atoms with van der Waals surface area (Å²) >= 11 is 5.74. The summed E-state index contributed by atoms with van der Waals surface area (Å²) in [6.07, 6.45) is 1.48. The number of ether oxygens (including phenoxy) is 1. The highest BCUT2D eigenvalue weighted by atomic mass is 35.5. The molecule has 0 bridgehead atoms. The Kier molecular flexibility index (Phi) is 4.99. The first-order chi connectivity index (χ1) is 12.0. The summed E-state index contributed by atoms with van der Waals surface area (Å²) in [6.45, 7) is -2.88. The molecule has 128 valence electrons. The van der Waals surface area contributed by atoms with E-state index < -0.39 is 12.4 Å². The third-order valence-corrected chi connectivity index (χ3v) is 3.34. The van der Waals surface area contributed by atoms with Gasteiger partial charge in [-0.15, -0.1) is 5.10 Å². The summed E-state index contributed by atoms with van der Waals surface area (Å²) in [7, 11) is 0. The van der Waals surface area contributed by atoms with E-state index >= 15 is 0 Å². The Labute approximate surface area is 145 Å². The van der Waals surface area contributed by atoms with Crippen LogP contribution in [0.25, 0.3) is 11.1 Å². The second-order valence-corrected chi connectivity index (χ2v) is 5.21. The van der Waals surface area contributed by atoms with Gasteiger partial charge in [0.2, 0.25) is 0 Å². The van der Waals surface area contributed by atoms with Crippen molar-refractivity contribution in [3.05, 3.63) is 59.6 Å². The minimum absolute atomic E-state index is 0.0457. The molecule has 0 radical (unpaired) electrons. The molecule has 0 spiro atoms. The highest BCUT2D eigenvalue weighted by Crippen LogP contribution is 2.25. The monoisotopic (exact) mass is 366 g/mol. The number of alkyl halides is 2. The molecule has 0 fully saturated rings. The highest BCUT2D eigenvalue weighted by molar-refractivity contribution is 6.29. The Bertz CT molecular complexity index is 878. The molecule has 0 unspecified atom stereocenters. The van der Waals surface area contributed by atoms with Crippen LogP contribution in [0, 0.1) is 5.82 Å². The standard InChI is InChI=1S/C16H10ClF3N4O/c17-13-6-5-12(18)15(22-13)23-14-7-10(8-21-24-14)9-1-3-11(4-2-9)25-16(19)20/h1-8,16H,(H,22,23,24). The predicted molar refractivity (Wildman–Crippen MR) is 86.6 cm³/mol. The van der Waals surface area contributed by atoms with Crippen LogP contribution in [0.3, 0.4) is 0 Å². The molecule has 3 rings (SSSR count). The summed E-state index contributed by atoms with van der Waals surface area (Å²) in [5.41, 5.74) is 1.34. The number of rotatable bonds is 5. The maximum absolute atomic E-state index is 13.7. The molecular formula is C16H10ClF3N4O. The number of halogens is 4. The fourth-order valence-corrected chi connectivity index (χ4v) is 2.19. The van der Waals surface area contributed by atoms with E-state index in [2.05, 4.69) is 25.2 Å². The molecule has 5 nitrogen and oxygen atoms in total. The maximum atomic E-state index is 13.7. The molecule has 1 aromatic carbocycles. The van der Waals surface area contributed by atoms with Crippen molar-refractivity contribution < 1.29 is 17.9 Å². The van der Waals surface area contributed by atoms with Crippen LogP contribution in [0.5, 0.6) is 5.75 Å². The van der Waals surface area contributed by atoms with Crippen molar-refractivity contribution in [2.75, 3.05) is 5.32 Å². The van der Waals surface area contributed by atoms with Crippen molar-refractivity contribution in [2.45, 2.75) is 6.61 Å². The number of nitrogens with zero attached hydrogens (tertiary/aromatic N) is 3. The lowest BCUT2D eigenvalue weighted by molar-refractivity contribution is -0.0498. The second-order valence-electron chi connectivity index (χ2n) is 4.82. The lowest BCUT2D eigenvalue weighted by Crippen LogP contribution is -2.01. The topological polar surface area (TPSA) is 59.9 Å². The summed E-state index contributed by atoms with van der Waals surface area (Å²) < 4.78 is 42.4. The zero-order chi connectivity index (χ0) is 17.8. The Hall–Kier alpha value is -2.87. The van der Waals surface area contributed by atoms with E-state index in [1.165, 1.54) is 30.5 Å². The second kappa shape index (κ2) is 7.35. The van der Waals surface area contributed by atoms with Gasteiger partial charge in [0, 0.05) is 5.56 Å². The number of hydrogen-bond acceptors (Lipinski definition) is 5. The average Bonchev–Trinajstić information content (AvgIpc) is 2.59. The van der Waals surface area contributed by atoms with Gasteiger partial charge in [0.1, 0.15) is 10.9 Å². The third-order valence-electron chi connectivity index (χ3n) is 3.13. The Balaban J connectivity index is 1.82. The van der Waals surface area contributed by atoms with E-state index in [9.17, 15) is 13.2 Å². The molecule has 0 amide bonds. The molecule has 3 aromatic rings. The van der Waals surface area contributed by atoms with Gasteiger partial charge in [-0.1, -0.05) is 23.7 Å². The van der Waals surface area contributed by atoms with E-state index in [0.29, 0.717) is 11.1 Å². The molecule has 25 heavy (non-hydrogen) atoms. The van der Waals surface area contributed by atoms with Crippen molar-refractivity contribution in [1.82, 2.24) is 15.2 Å². The highest BCUT2D eigenvalue weighted by Gasteiger charge is 2.09. The number of hydrogen-bond donors (Lipinski definition) is 1. The Morgan fingerprint density at radius 2 is 1.80 bits per heavy atom. The van der Waals surface area contributed by atoms with Gasteiger partial charge in [-0.3, -0.25) is 0 Å². The van der Waals surface area contributed by atoms with Crippen LogP contribution < -0.4 is 10.1 Å². The SMILES string of the molecule is Fc1ccc(Cl)nc1Nc1cc(-c2ccc(OC(F)F)cc2)cnn1. The smallest absolute Gasteiger partial charge is 0.387 e. The molecule has 9 heteroatoms. The molecule has 2 aromatic heterocycles. The van der Waals surface area contributed by atoms with Crippen LogP contribution in [0.2, 0.25) is 5.15 Å². The number of benzene rings is 1. The van der Waals surface area contributed by atoms with Crippen LogP contribution in [0.15, 0.2) is 48.7 Å². The van der Waals surface area contributed by atoms with Crippen molar-refractivity contribution in [3.8, 4) is 16.9 Å². The van der Waals surface area contributed by atoms with Gasteiger partial charge in [0.15, 0.2) is 17.5 Å². The van der Waals surface area contributed by atoms with Gasteiger partial charge in [0.25, 0.3) is 0 Å². The number of anilines is 2. The minimum atomic E-state index is -2.88. The summed E-state index contributed by atoms with van der Waals surface area (Å²) in [5.74, 6) is -0.381. The van der Waals surface area contributed by atoms with E-state index in [4.69, 9.17) is 11.6 Å². The van der Waals surface area contributed by atoms with Gasteiger partial charge in [-0.05, 0) is 35.9 Å². The van der Waals surface area contributed by atoms with Crippen LogP contribution in [-0.4, -0.2) is 21.8 Å². The van der Waals surface area contributed by atoms with E-state index in [-0.39, 0.29) is 22.5 Å². The van der Waals surface area contributed by atoms with Gasteiger partial charge in [0.05, 0.1) is 6.20 Å². The fourth-order valence-electron chi connectivity index (χ4n) is 2.04. The van der Waals surface area contributed by atoms with Crippen LogP contribution in [-0.2, 0) is 0 Å². The van der Waals surface area contributed by atoms with Crippen molar-refractivity contribution >= 4 is 23.2 Å². The molecule has 0 atom stereocenters. The van der Waals surface area contributed by atoms with Crippen LogP contribution >= 0.6 is 11.6 Å². The normalized spacial score (nSPS) is 10.8. The van der Waals surface area contributed by atoms with Gasteiger partial charge < -0.3 is 10.1 Å². The number of nitrogens with one attached hydrogen (secondary N) is 1. The van der Waals surface area contributed by atoms with Crippen molar-refractivity contribution in [1.29, 1.82) is 0 Å². The molecule has 0 aliphatic rings. The first-order valence-electron chi connectivity index (χ1n) is 6.98. The molecule has 2 heterocycles. The minimum Gasteiger partial charge on any atom is -0.435 e. The third kappa shape index (κ3) is 4.36. The molecule has 0 saturated heterocycles. The molecular weight excluding hydrogens is 357 g/mol. The lowest BCUT2D eigenvalue weighted by Gasteiger charge is -2.08. The molecule has 0 aliphatic carbocycles. The van der Waals surface area contributed by atoms with Crippen LogP contribution in [0.1, 0.15) is 0 Å². The van der Waals surface area contributed by atoms with Gasteiger partial charge in [-0.2, -0.15) is 13.9 Å². The van der Waals surface area contributed by atoms with Crippen LogP contribution in [0.4, 0.5) is 24.8 Å². The predicted octanol–water partition coefficient (Wildman–Crippen LogP) is 4.68. The quantitative estimate of drug-likeness (QED) is 0.664. The Morgan fingerprint density at radius 3 is 2.52 bits per heavy atom. The number of pyridine rings is 1. The maximum Gasteiger partial charge on any atom is 0.387 e. The molecule has 1 N–H and O–H groups in total. The summed E-state index contributed by atoms with van der Waals surface area (Å²) in [6, 6.07) is 10.1.